The van der Waals surface area contributed by atoms with Crippen molar-refractivity contribution in [3.63, 3.8) is 0 Å². The van der Waals surface area contributed by atoms with Gasteiger partial charge in [0, 0.05) is 42.9 Å². The third-order valence-corrected chi connectivity index (χ3v) is 8.87. The van der Waals surface area contributed by atoms with Crippen LogP contribution in [0.15, 0.2) is 53.7 Å². The zero-order valence-corrected chi connectivity index (χ0v) is 21.2. The smallest absolute Gasteiger partial charge is 0.387 e. The van der Waals surface area contributed by atoms with Crippen LogP contribution < -0.4 is 10.1 Å². The molecule has 0 spiro atoms. The molecule has 2 unspecified atom stereocenters. The van der Waals surface area contributed by atoms with E-state index in [1.807, 2.05) is 30.3 Å². The van der Waals surface area contributed by atoms with Gasteiger partial charge >= 0.3 is 6.61 Å². The molecule has 6 rings (SSSR count). The zero-order chi connectivity index (χ0) is 24.8. The molecule has 4 atom stereocenters. The highest BCUT2D eigenvalue weighted by Crippen LogP contribution is 2.43. The van der Waals surface area contributed by atoms with Crippen molar-refractivity contribution >= 4 is 23.5 Å². The number of rotatable bonds is 6. The molecule has 0 radical (unpaired) electrons. The van der Waals surface area contributed by atoms with Crippen molar-refractivity contribution in [1.29, 1.82) is 0 Å². The Labute approximate surface area is 213 Å². The summed E-state index contributed by atoms with van der Waals surface area (Å²) >= 11 is 1.85. The summed E-state index contributed by atoms with van der Waals surface area (Å²) in [5, 5.41) is 9.77. The number of nitrogens with one attached hydrogen (secondary N) is 1. The summed E-state index contributed by atoms with van der Waals surface area (Å²) in [5.74, 6) is 2.01. The highest BCUT2D eigenvalue weighted by Gasteiger charge is 2.42. The van der Waals surface area contributed by atoms with E-state index in [-0.39, 0.29) is 5.75 Å². The third kappa shape index (κ3) is 4.52. The molecule has 190 valence electrons. The molecule has 1 aliphatic carbocycles. The number of ether oxygens (including phenoxy) is 1. The standard InChI is InChI=1S/C26H30F2N6OS/c1-16-13-23(36-32(16)2)33-14-18-5-3-7-22(21(18)15-33)29-26-30-24-20(6-4-12-34(24)31-26)17-8-10-19(11-9-17)35-25(27)28/h4,6,8-13,16,18,21-22,25H,3,5,7,14-15H2,1-2H3,(H,29,31)/t16?,18?,21-,22-/m1/s1. The maximum absolute atomic E-state index is 12.5. The van der Waals surface area contributed by atoms with Gasteiger partial charge in [0.2, 0.25) is 5.95 Å². The first-order valence-electron chi connectivity index (χ1n) is 12.5. The van der Waals surface area contributed by atoms with E-state index in [1.54, 1.807) is 28.8 Å². The van der Waals surface area contributed by atoms with E-state index in [2.05, 4.69) is 39.3 Å². The summed E-state index contributed by atoms with van der Waals surface area (Å²) in [6.07, 6.45) is 7.86. The molecule has 2 aliphatic heterocycles. The normalized spacial score (nSPS) is 26.5. The van der Waals surface area contributed by atoms with Gasteiger partial charge in [0.1, 0.15) is 5.75 Å². The molecule has 4 heterocycles. The van der Waals surface area contributed by atoms with Gasteiger partial charge in [-0.1, -0.05) is 18.6 Å². The van der Waals surface area contributed by atoms with Crippen molar-refractivity contribution in [2.75, 3.05) is 25.5 Å². The quantitative estimate of drug-likeness (QED) is 0.448. The molecular weight excluding hydrogens is 482 g/mol. The van der Waals surface area contributed by atoms with Crippen LogP contribution in [-0.4, -0.2) is 62.6 Å². The van der Waals surface area contributed by atoms with Gasteiger partial charge < -0.3 is 15.0 Å². The summed E-state index contributed by atoms with van der Waals surface area (Å²) in [4.78, 5) is 7.40. The van der Waals surface area contributed by atoms with E-state index in [0.29, 0.717) is 29.9 Å². The number of alkyl halides is 2. The SMILES string of the molecule is CC1C=C(N2CC3CCC[C@@H](Nc4nc5c(-c6ccc(OC(F)F)cc6)cccn5n4)[C@@H]3C2)SN1C. The number of fused-ring (bicyclic) bond motifs is 2. The molecule has 0 amide bonds. The Kier molecular flexibility index (Phi) is 6.25. The number of aromatic nitrogens is 3. The second kappa shape index (κ2) is 9.55. The fourth-order valence-corrected chi connectivity index (χ4v) is 6.79. The van der Waals surface area contributed by atoms with E-state index in [0.717, 1.165) is 36.3 Å². The van der Waals surface area contributed by atoms with Crippen molar-refractivity contribution < 1.29 is 13.5 Å². The molecule has 36 heavy (non-hydrogen) atoms. The topological polar surface area (TPSA) is 57.9 Å². The summed E-state index contributed by atoms with van der Waals surface area (Å²) in [5.41, 5.74) is 2.48. The highest BCUT2D eigenvalue weighted by molar-refractivity contribution is 8.01. The van der Waals surface area contributed by atoms with Crippen molar-refractivity contribution in [3.05, 3.63) is 53.7 Å². The number of halogens is 2. The predicted octanol–water partition coefficient (Wildman–Crippen LogP) is 5.33. The Morgan fingerprint density at radius 1 is 1.14 bits per heavy atom. The van der Waals surface area contributed by atoms with Crippen LogP contribution in [0.5, 0.6) is 5.75 Å². The lowest BCUT2D eigenvalue weighted by Gasteiger charge is -2.33. The van der Waals surface area contributed by atoms with Gasteiger partial charge in [-0.3, -0.25) is 0 Å². The van der Waals surface area contributed by atoms with E-state index in [4.69, 9.17) is 10.1 Å². The summed E-state index contributed by atoms with van der Waals surface area (Å²) < 4.78 is 33.6. The van der Waals surface area contributed by atoms with Gasteiger partial charge in [-0.15, -0.1) is 5.10 Å². The Morgan fingerprint density at radius 2 is 1.97 bits per heavy atom. The molecule has 2 aromatic heterocycles. The number of hydrogen-bond acceptors (Lipinski definition) is 7. The fraction of sp³-hybridized carbons (Fsp3) is 0.462. The Balaban J connectivity index is 1.20. The van der Waals surface area contributed by atoms with Crippen LogP contribution in [0.25, 0.3) is 16.8 Å². The van der Waals surface area contributed by atoms with Gasteiger partial charge in [0.05, 0.1) is 5.03 Å². The minimum Gasteiger partial charge on any atom is -0.435 e. The molecule has 2 fully saturated rings. The highest BCUT2D eigenvalue weighted by atomic mass is 32.2. The Bertz CT molecular complexity index is 1270. The van der Waals surface area contributed by atoms with Gasteiger partial charge in [0.25, 0.3) is 0 Å². The first kappa shape index (κ1) is 23.5. The van der Waals surface area contributed by atoms with Crippen LogP contribution in [0.3, 0.4) is 0 Å². The predicted molar refractivity (Wildman–Crippen MR) is 138 cm³/mol. The van der Waals surface area contributed by atoms with Gasteiger partial charge in [0.15, 0.2) is 5.65 Å². The summed E-state index contributed by atoms with van der Waals surface area (Å²) in [7, 11) is 2.15. The van der Waals surface area contributed by atoms with Crippen molar-refractivity contribution in [3.8, 4) is 16.9 Å². The van der Waals surface area contributed by atoms with Crippen LogP contribution in [-0.2, 0) is 0 Å². The van der Waals surface area contributed by atoms with Crippen LogP contribution in [0, 0.1) is 11.8 Å². The molecule has 1 saturated heterocycles. The first-order chi connectivity index (χ1) is 17.4. The molecular formula is C26H30F2N6OS. The lowest BCUT2D eigenvalue weighted by Crippen LogP contribution is -2.37. The number of anilines is 1. The van der Waals surface area contributed by atoms with Gasteiger partial charge in [-0.25, -0.2) is 8.82 Å². The number of likely N-dealkylation sites (tertiary alicyclic amines) is 1. The molecule has 7 nitrogen and oxygen atoms in total. The Morgan fingerprint density at radius 3 is 2.72 bits per heavy atom. The zero-order valence-electron chi connectivity index (χ0n) is 20.3. The van der Waals surface area contributed by atoms with Crippen LogP contribution in [0.1, 0.15) is 26.2 Å². The molecule has 1 saturated carbocycles. The van der Waals surface area contributed by atoms with E-state index >= 15 is 0 Å². The lowest BCUT2D eigenvalue weighted by atomic mass is 9.78. The Hall–Kier alpha value is -2.85. The van der Waals surface area contributed by atoms with Crippen molar-refractivity contribution in [1.82, 2.24) is 23.8 Å². The average molecular weight is 513 g/mol. The van der Waals surface area contributed by atoms with Crippen LogP contribution in [0.2, 0.25) is 0 Å². The lowest BCUT2D eigenvalue weighted by molar-refractivity contribution is -0.0498. The van der Waals surface area contributed by atoms with Crippen molar-refractivity contribution in [2.24, 2.45) is 11.8 Å². The number of hydrogen-bond donors (Lipinski definition) is 1. The molecule has 1 N–H and O–H groups in total. The van der Waals surface area contributed by atoms with Crippen LogP contribution in [0.4, 0.5) is 14.7 Å². The maximum atomic E-state index is 12.5. The van der Waals surface area contributed by atoms with Gasteiger partial charge in [-0.05, 0) is 80.6 Å². The number of pyridine rings is 1. The second-order valence-electron chi connectivity index (χ2n) is 9.92. The first-order valence-corrected chi connectivity index (χ1v) is 13.3. The van der Waals surface area contributed by atoms with E-state index in [9.17, 15) is 8.78 Å². The average Bonchev–Trinajstić information content (AvgIpc) is 3.56. The van der Waals surface area contributed by atoms with E-state index in [1.165, 1.54) is 17.9 Å². The number of likely N-dealkylation sites (N-methyl/N-ethyl adjacent to an activating group) is 1. The molecule has 3 aliphatic rings. The van der Waals surface area contributed by atoms with Gasteiger partial charge in [-0.2, -0.15) is 13.8 Å². The monoisotopic (exact) mass is 512 g/mol. The van der Waals surface area contributed by atoms with E-state index < -0.39 is 6.61 Å². The van der Waals surface area contributed by atoms with Crippen LogP contribution >= 0.6 is 11.9 Å². The minimum absolute atomic E-state index is 0.134. The largest absolute Gasteiger partial charge is 0.435 e. The molecule has 3 aromatic rings. The number of nitrogens with zero attached hydrogens (tertiary/aromatic N) is 5. The summed E-state index contributed by atoms with van der Waals surface area (Å²) in [6.45, 7) is 1.58. The maximum Gasteiger partial charge on any atom is 0.387 e. The fourth-order valence-electron chi connectivity index (χ4n) is 5.74. The second-order valence-corrected chi connectivity index (χ2v) is 11.1. The minimum atomic E-state index is -2.84. The molecule has 0 bridgehead atoms. The number of benzene rings is 1. The third-order valence-electron chi connectivity index (χ3n) is 7.67. The molecule has 1 aromatic carbocycles. The van der Waals surface area contributed by atoms with Crippen molar-refractivity contribution in [2.45, 2.75) is 44.9 Å². The summed E-state index contributed by atoms with van der Waals surface area (Å²) in [6, 6.07) is 11.3. The molecule has 10 heteroatoms.